The molecule has 132 valence electrons. The molecule has 3 aromatic rings. The minimum absolute atomic E-state index is 0.0359. The summed E-state index contributed by atoms with van der Waals surface area (Å²) in [6.07, 6.45) is 3.48. The van der Waals surface area contributed by atoms with Crippen LogP contribution in [0.2, 0.25) is 0 Å². The Morgan fingerprint density at radius 1 is 1.04 bits per heavy atom. The Bertz CT molecular complexity index is 863. The number of benzene rings is 2. The highest BCUT2D eigenvalue weighted by Gasteiger charge is 2.07. The van der Waals surface area contributed by atoms with E-state index in [2.05, 4.69) is 39.7 Å². The summed E-state index contributed by atoms with van der Waals surface area (Å²) in [5, 5.41) is 6.18. The number of aromatic nitrogens is 2. The first-order valence-electron chi connectivity index (χ1n) is 8.59. The van der Waals surface area contributed by atoms with Crippen LogP contribution in [0, 0.1) is 0 Å². The maximum absolute atomic E-state index is 11.0. The standard InChI is InChI=1S/C21H22N4O/c1-15(18-6-4-3-5-7-18)24-21-14-22-13-20(25-21)19-10-8-17(9-11-19)12-23-16(2)26/h3-11,13-15H,12H2,1-2H3,(H,23,26)(H,24,25). The van der Waals surface area contributed by atoms with Crippen LogP contribution in [0.1, 0.15) is 31.0 Å². The summed E-state index contributed by atoms with van der Waals surface area (Å²) in [6, 6.07) is 18.3. The van der Waals surface area contributed by atoms with E-state index in [1.807, 2.05) is 42.5 Å². The molecule has 0 saturated heterocycles. The van der Waals surface area contributed by atoms with E-state index in [4.69, 9.17) is 0 Å². The highest BCUT2D eigenvalue weighted by molar-refractivity contribution is 5.72. The summed E-state index contributed by atoms with van der Waals surface area (Å²) < 4.78 is 0. The number of rotatable bonds is 6. The van der Waals surface area contributed by atoms with Crippen molar-refractivity contribution in [1.29, 1.82) is 0 Å². The lowest BCUT2D eigenvalue weighted by atomic mass is 10.1. The third-order valence-corrected chi connectivity index (χ3v) is 4.09. The fourth-order valence-corrected chi connectivity index (χ4v) is 2.64. The maximum atomic E-state index is 11.0. The maximum Gasteiger partial charge on any atom is 0.217 e. The van der Waals surface area contributed by atoms with Crippen LogP contribution in [-0.2, 0) is 11.3 Å². The number of nitrogens with one attached hydrogen (secondary N) is 2. The molecule has 26 heavy (non-hydrogen) atoms. The molecule has 0 aliphatic heterocycles. The fraction of sp³-hybridized carbons (Fsp3) is 0.190. The average Bonchev–Trinajstić information content (AvgIpc) is 2.67. The van der Waals surface area contributed by atoms with Crippen molar-refractivity contribution in [2.45, 2.75) is 26.4 Å². The van der Waals surface area contributed by atoms with E-state index in [1.165, 1.54) is 12.5 Å². The molecule has 1 amide bonds. The summed E-state index contributed by atoms with van der Waals surface area (Å²) in [5.74, 6) is 0.701. The predicted octanol–water partition coefficient (Wildman–Crippen LogP) is 3.95. The Balaban J connectivity index is 1.71. The SMILES string of the molecule is CC(=O)NCc1ccc(-c2cncc(NC(C)c3ccccc3)n2)cc1. The summed E-state index contributed by atoms with van der Waals surface area (Å²) >= 11 is 0. The number of carbonyl (C=O) groups is 1. The van der Waals surface area contributed by atoms with Crippen LogP contribution in [0.25, 0.3) is 11.3 Å². The molecular weight excluding hydrogens is 324 g/mol. The molecule has 3 rings (SSSR count). The number of anilines is 1. The molecule has 1 heterocycles. The van der Waals surface area contributed by atoms with E-state index in [9.17, 15) is 4.79 Å². The zero-order valence-electron chi connectivity index (χ0n) is 14.9. The van der Waals surface area contributed by atoms with Gasteiger partial charge < -0.3 is 10.6 Å². The van der Waals surface area contributed by atoms with Crippen molar-refractivity contribution in [3.63, 3.8) is 0 Å². The van der Waals surface area contributed by atoms with Crippen molar-refractivity contribution < 1.29 is 4.79 Å². The number of hydrogen-bond donors (Lipinski definition) is 2. The molecule has 1 aromatic heterocycles. The van der Waals surface area contributed by atoms with E-state index >= 15 is 0 Å². The van der Waals surface area contributed by atoms with Gasteiger partial charge in [-0.15, -0.1) is 0 Å². The van der Waals surface area contributed by atoms with Gasteiger partial charge in [0, 0.05) is 25.1 Å². The van der Waals surface area contributed by atoms with E-state index in [-0.39, 0.29) is 11.9 Å². The molecule has 5 nitrogen and oxygen atoms in total. The smallest absolute Gasteiger partial charge is 0.217 e. The first-order chi connectivity index (χ1) is 12.6. The normalized spacial score (nSPS) is 11.6. The highest BCUT2D eigenvalue weighted by Crippen LogP contribution is 2.21. The third-order valence-electron chi connectivity index (χ3n) is 4.09. The van der Waals surface area contributed by atoms with Crippen molar-refractivity contribution in [2.24, 2.45) is 0 Å². The second-order valence-electron chi connectivity index (χ2n) is 6.17. The zero-order valence-corrected chi connectivity index (χ0v) is 14.9. The molecule has 0 aliphatic carbocycles. The number of nitrogens with zero attached hydrogens (tertiary/aromatic N) is 2. The van der Waals surface area contributed by atoms with E-state index in [0.717, 1.165) is 22.6 Å². The lowest BCUT2D eigenvalue weighted by Gasteiger charge is -2.15. The van der Waals surface area contributed by atoms with Crippen LogP contribution in [0.4, 0.5) is 5.82 Å². The van der Waals surface area contributed by atoms with Gasteiger partial charge in [0.15, 0.2) is 0 Å². The van der Waals surface area contributed by atoms with Gasteiger partial charge in [0.1, 0.15) is 5.82 Å². The lowest BCUT2D eigenvalue weighted by Crippen LogP contribution is -2.18. The topological polar surface area (TPSA) is 66.9 Å². The molecule has 1 atom stereocenters. The van der Waals surface area contributed by atoms with Crippen LogP contribution in [0.15, 0.2) is 67.0 Å². The minimum Gasteiger partial charge on any atom is -0.362 e. The van der Waals surface area contributed by atoms with Gasteiger partial charge in [-0.05, 0) is 18.1 Å². The summed E-state index contributed by atoms with van der Waals surface area (Å²) in [5.41, 5.74) is 4.03. The molecule has 0 fully saturated rings. The molecule has 2 aromatic carbocycles. The van der Waals surface area contributed by atoms with Gasteiger partial charge in [-0.1, -0.05) is 54.6 Å². The van der Waals surface area contributed by atoms with Crippen LogP contribution in [0.5, 0.6) is 0 Å². The minimum atomic E-state index is -0.0359. The summed E-state index contributed by atoms with van der Waals surface area (Å²) in [7, 11) is 0. The number of carbonyl (C=O) groups excluding carboxylic acids is 1. The molecule has 0 saturated carbocycles. The van der Waals surface area contributed by atoms with Crippen molar-refractivity contribution in [3.05, 3.63) is 78.1 Å². The first-order valence-corrected chi connectivity index (χ1v) is 8.59. The Morgan fingerprint density at radius 3 is 2.46 bits per heavy atom. The van der Waals surface area contributed by atoms with Crippen LogP contribution in [0.3, 0.4) is 0 Å². The Labute approximate surface area is 153 Å². The molecule has 5 heteroatoms. The predicted molar refractivity (Wildman–Crippen MR) is 103 cm³/mol. The van der Waals surface area contributed by atoms with Crippen LogP contribution in [-0.4, -0.2) is 15.9 Å². The van der Waals surface area contributed by atoms with E-state index < -0.39 is 0 Å². The van der Waals surface area contributed by atoms with Gasteiger partial charge in [0.05, 0.1) is 18.1 Å². The number of amides is 1. The Morgan fingerprint density at radius 2 is 1.77 bits per heavy atom. The molecular formula is C21H22N4O. The molecule has 1 unspecified atom stereocenters. The van der Waals surface area contributed by atoms with Gasteiger partial charge in [-0.2, -0.15) is 0 Å². The first kappa shape index (κ1) is 17.6. The third kappa shape index (κ3) is 4.66. The average molecular weight is 346 g/mol. The highest BCUT2D eigenvalue weighted by atomic mass is 16.1. The van der Waals surface area contributed by atoms with Crippen molar-refractivity contribution in [1.82, 2.24) is 15.3 Å². The van der Waals surface area contributed by atoms with Crippen LogP contribution < -0.4 is 10.6 Å². The van der Waals surface area contributed by atoms with Gasteiger partial charge in [-0.25, -0.2) is 4.98 Å². The summed E-state index contributed by atoms with van der Waals surface area (Å²) in [6.45, 7) is 4.14. The van der Waals surface area contributed by atoms with Gasteiger partial charge >= 0.3 is 0 Å². The van der Waals surface area contributed by atoms with Crippen molar-refractivity contribution >= 4 is 11.7 Å². The zero-order chi connectivity index (χ0) is 18.4. The van der Waals surface area contributed by atoms with E-state index in [1.54, 1.807) is 12.4 Å². The second kappa shape index (κ2) is 8.25. The molecule has 0 radical (unpaired) electrons. The van der Waals surface area contributed by atoms with Gasteiger partial charge in [0.2, 0.25) is 5.91 Å². The molecule has 0 spiro atoms. The Hall–Kier alpha value is -3.21. The van der Waals surface area contributed by atoms with Gasteiger partial charge in [-0.3, -0.25) is 9.78 Å². The van der Waals surface area contributed by atoms with Crippen molar-refractivity contribution in [2.75, 3.05) is 5.32 Å². The monoisotopic (exact) mass is 346 g/mol. The second-order valence-corrected chi connectivity index (χ2v) is 6.17. The van der Waals surface area contributed by atoms with Crippen LogP contribution >= 0.6 is 0 Å². The molecule has 2 N–H and O–H groups in total. The van der Waals surface area contributed by atoms with E-state index in [0.29, 0.717) is 6.54 Å². The van der Waals surface area contributed by atoms with Crippen molar-refractivity contribution in [3.8, 4) is 11.3 Å². The number of hydrogen-bond acceptors (Lipinski definition) is 4. The quantitative estimate of drug-likeness (QED) is 0.709. The van der Waals surface area contributed by atoms with Gasteiger partial charge in [0.25, 0.3) is 0 Å². The fourth-order valence-electron chi connectivity index (χ4n) is 2.64. The summed E-state index contributed by atoms with van der Waals surface area (Å²) in [4.78, 5) is 20.0. The molecule has 0 aliphatic rings. The largest absolute Gasteiger partial charge is 0.362 e. The lowest BCUT2D eigenvalue weighted by molar-refractivity contribution is -0.119. The Kier molecular flexibility index (Phi) is 5.59. The molecule has 0 bridgehead atoms.